The van der Waals surface area contributed by atoms with Gasteiger partial charge in [0.05, 0.1) is 23.8 Å². The van der Waals surface area contributed by atoms with Crippen molar-refractivity contribution in [3.8, 4) is 11.3 Å². The molecule has 4 rings (SSSR count). The number of nitrogens with zero attached hydrogens (tertiary/aromatic N) is 5. The second kappa shape index (κ2) is 8.44. The number of anilines is 2. The Bertz CT molecular complexity index is 921. The molecule has 2 saturated heterocycles. The third-order valence-electron chi connectivity index (χ3n) is 6.01. The first-order valence-corrected chi connectivity index (χ1v) is 11.0. The molecule has 0 N–H and O–H groups in total. The van der Waals surface area contributed by atoms with Crippen LogP contribution in [0, 0.1) is 15.9 Å². The summed E-state index contributed by atoms with van der Waals surface area (Å²) in [6.45, 7) is 8.08. The molecule has 8 nitrogen and oxygen atoms in total. The Balaban J connectivity index is 1.67. The van der Waals surface area contributed by atoms with Crippen LogP contribution < -0.4 is 9.80 Å². The molecule has 2 atom stereocenters. The van der Waals surface area contributed by atoms with Crippen molar-refractivity contribution in [2.45, 2.75) is 25.9 Å². The molecule has 0 spiro atoms. The van der Waals surface area contributed by atoms with Gasteiger partial charge in [0.2, 0.25) is 0 Å². The summed E-state index contributed by atoms with van der Waals surface area (Å²) in [4.78, 5) is 22.2. The molecule has 2 unspecified atom stereocenters. The van der Waals surface area contributed by atoms with Gasteiger partial charge in [0.15, 0.2) is 5.13 Å². The molecule has 2 aromatic rings. The van der Waals surface area contributed by atoms with Crippen molar-refractivity contribution in [1.29, 1.82) is 0 Å². The van der Waals surface area contributed by atoms with Crippen molar-refractivity contribution in [2.24, 2.45) is 0 Å². The van der Waals surface area contributed by atoms with Gasteiger partial charge in [-0.05, 0) is 20.9 Å². The molecular weight excluding hydrogens is 409 g/mol. The molecule has 1 aromatic heterocycles. The molecule has 0 amide bonds. The number of hydrogen-bond donors (Lipinski definition) is 0. The van der Waals surface area contributed by atoms with Crippen LogP contribution in [0.4, 0.5) is 20.9 Å². The van der Waals surface area contributed by atoms with E-state index in [1.165, 1.54) is 23.5 Å². The number of aromatic nitrogens is 1. The maximum absolute atomic E-state index is 15.1. The van der Waals surface area contributed by atoms with Crippen molar-refractivity contribution in [2.75, 3.05) is 56.2 Å². The van der Waals surface area contributed by atoms with E-state index < -0.39 is 10.7 Å². The quantitative estimate of drug-likeness (QED) is 0.539. The number of likely N-dealkylation sites (N-methyl/N-ethyl adjacent to an activating group) is 1. The van der Waals surface area contributed by atoms with Crippen LogP contribution in [-0.2, 0) is 4.74 Å². The summed E-state index contributed by atoms with van der Waals surface area (Å²) in [5, 5.41) is 14.4. The summed E-state index contributed by atoms with van der Waals surface area (Å²) in [7, 11) is 2.04. The second-order valence-electron chi connectivity index (χ2n) is 7.96. The Morgan fingerprint density at radius 3 is 2.50 bits per heavy atom. The number of benzene rings is 1. The number of ether oxygens (including phenoxy) is 1. The van der Waals surface area contributed by atoms with E-state index in [1.807, 2.05) is 11.9 Å². The SMILES string of the molecule is CC1CN(c2cc(F)c(-c3csc(N4CCOCC4)n3)cc2[N+](=O)[O-])CC(C)N1C. The highest BCUT2D eigenvalue weighted by atomic mass is 32.1. The fraction of sp³-hybridized carbons (Fsp3) is 0.550. The second-order valence-corrected chi connectivity index (χ2v) is 8.80. The molecule has 3 heterocycles. The van der Waals surface area contributed by atoms with Crippen LogP contribution in [0.1, 0.15) is 13.8 Å². The Kier molecular flexibility index (Phi) is 5.90. The molecule has 2 aliphatic rings. The summed E-state index contributed by atoms with van der Waals surface area (Å²) in [6, 6.07) is 3.05. The van der Waals surface area contributed by atoms with Gasteiger partial charge in [-0.25, -0.2) is 9.37 Å². The number of rotatable bonds is 4. The average molecular weight is 436 g/mol. The topological polar surface area (TPSA) is 75.0 Å². The van der Waals surface area contributed by atoms with Crippen molar-refractivity contribution < 1.29 is 14.1 Å². The van der Waals surface area contributed by atoms with Crippen LogP contribution in [0.5, 0.6) is 0 Å². The first-order chi connectivity index (χ1) is 14.3. The molecule has 162 valence electrons. The molecule has 1 aromatic carbocycles. The minimum Gasteiger partial charge on any atom is -0.378 e. The molecule has 0 bridgehead atoms. The minimum atomic E-state index is -0.492. The predicted octanol–water partition coefficient (Wildman–Crippen LogP) is 3.22. The first-order valence-electron chi connectivity index (χ1n) is 10.1. The molecule has 2 fully saturated rings. The van der Waals surface area contributed by atoms with Crippen LogP contribution in [0.15, 0.2) is 17.5 Å². The van der Waals surface area contributed by atoms with Gasteiger partial charge in [0.1, 0.15) is 11.5 Å². The number of hydrogen-bond acceptors (Lipinski definition) is 8. The maximum atomic E-state index is 15.1. The summed E-state index contributed by atoms with van der Waals surface area (Å²) in [5.74, 6) is -0.492. The highest BCUT2D eigenvalue weighted by Crippen LogP contribution is 2.38. The number of halogens is 1. The van der Waals surface area contributed by atoms with E-state index >= 15 is 4.39 Å². The third-order valence-corrected chi connectivity index (χ3v) is 6.91. The molecule has 10 heteroatoms. The van der Waals surface area contributed by atoms with E-state index in [0.29, 0.717) is 37.7 Å². The van der Waals surface area contributed by atoms with Crippen LogP contribution in [0.2, 0.25) is 0 Å². The molecule has 0 radical (unpaired) electrons. The number of piperazine rings is 1. The highest BCUT2D eigenvalue weighted by molar-refractivity contribution is 7.14. The van der Waals surface area contributed by atoms with Crippen molar-refractivity contribution in [3.63, 3.8) is 0 Å². The number of morpholine rings is 1. The highest BCUT2D eigenvalue weighted by Gasteiger charge is 2.31. The van der Waals surface area contributed by atoms with Crippen LogP contribution >= 0.6 is 11.3 Å². The summed E-state index contributed by atoms with van der Waals surface area (Å²) in [6.07, 6.45) is 0. The fourth-order valence-corrected chi connectivity index (χ4v) is 4.92. The first kappa shape index (κ1) is 21.0. The molecular formula is C20H26FN5O3S. The van der Waals surface area contributed by atoms with Gasteiger partial charge in [0.25, 0.3) is 5.69 Å². The lowest BCUT2D eigenvalue weighted by Crippen LogP contribution is -2.55. The van der Waals surface area contributed by atoms with E-state index in [1.54, 1.807) is 5.38 Å². The maximum Gasteiger partial charge on any atom is 0.293 e. The minimum absolute atomic E-state index is 0.0868. The monoisotopic (exact) mass is 435 g/mol. The van der Waals surface area contributed by atoms with Gasteiger partial charge in [0, 0.05) is 61.3 Å². The van der Waals surface area contributed by atoms with E-state index in [2.05, 4.69) is 28.6 Å². The largest absolute Gasteiger partial charge is 0.378 e. The van der Waals surface area contributed by atoms with Crippen LogP contribution in [0.3, 0.4) is 0 Å². The molecule has 2 aliphatic heterocycles. The molecule has 0 saturated carbocycles. The van der Waals surface area contributed by atoms with Crippen molar-refractivity contribution >= 4 is 27.8 Å². The summed E-state index contributed by atoms with van der Waals surface area (Å²) >= 11 is 1.41. The molecule has 30 heavy (non-hydrogen) atoms. The van der Waals surface area contributed by atoms with E-state index in [-0.39, 0.29) is 23.3 Å². The Hall–Kier alpha value is -2.30. The predicted molar refractivity (Wildman–Crippen MR) is 116 cm³/mol. The van der Waals surface area contributed by atoms with Gasteiger partial charge in [-0.2, -0.15) is 0 Å². The standard InChI is InChI=1S/C20H26FN5O3S/c1-13-10-25(11-14(2)23(13)3)18-9-16(21)15(8-19(18)26(27)28)17-12-30-20(22-17)24-4-6-29-7-5-24/h8-9,12-14H,4-7,10-11H2,1-3H3. The van der Waals surface area contributed by atoms with Crippen molar-refractivity contribution in [1.82, 2.24) is 9.88 Å². The third kappa shape index (κ3) is 3.99. The van der Waals surface area contributed by atoms with Gasteiger partial charge in [-0.15, -0.1) is 11.3 Å². The van der Waals surface area contributed by atoms with Crippen molar-refractivity contribution in [3.05, 3.63) is 33.4 Å². The summed E-state index contributed by atoms with van der Waals surface area (Å²) in [5.41, 5.74) is 0.832. The van der Waals surface area contributed by atoms with Gasteiger partial charge < -0.3 is 14.5 Å². The lowest BCUT2D eigenvalue weighted by atomic mass is 10.1. The van der Waals surface area contributed by atoms with Gasteiger partial charge >= 0.3 is 0 Å². The zero-order valence-corrected chi connectivity index (χ0v) is 18.2. The Labute approximate surface area is 179 Å². The lowest BCUT2D eigenvalue weighted by molar-refractivity contribution is -0.384. The Morgan fingerprint density at radius 2 is 1.87 bits per heavy atom. The van der Waals surface area contributed by atoms with E-state index in [4.69, 9.17) is 4.74 Å². The van der Waals surface area contributed by atoms with Crippen LogP contribution in [0.25, 0.3) is 11.3 Å². The zero-order chi connectivity index (χ0) is 21.4. The van der Waals surface area contributed by atoms with Crippen LogP contribution in [-0.4, -0.2) is 73.3 Å². The zero-order valence-electron chi connectivity index (χ0n) is 17.4. The number of nitro benzene ring substituents is 1. The fourth-order valence-electron chi connectivity index (χ4n) is 4.04. The van der Waals surface area contributed by atoms with E-state index in [9.17, 15) is 10.1 Å². The Morgan fingerprint density at radius 1 is 1.20 bits per heavy atom. The van der Waals surface area contributed by atoms with Gasteiger partial charge in [-0.1, -0.05) is 0 Å². The summed E-state index contributed by atoms with van der Waals surface area (Å²) < 4.78 is 20.5. The number of thiazole rings is 1. The number of nitro groups is 1. The molecule has 0 aliphatic carbocycles. The smallest absolute Gasteiger partial charge is 0.293 e. The normalized spacial score (nSPS) is 23.1. The van der Waals surface area contributed by atoms with E-state index in [0.717, 1.165) is 18.2 Å². The lowest BCUT2D eigenvalue weighted by Gasteiger charge is -2.43. The van der Waals surface area contributed by atoms with Gasteiger partial charge in [-0.3, -0.25) is 15.0 Å². The average Bonchev–Trinajstić information content (AvgIpc) is 3.22.